The zero-order valence-electron chi connectivity index (χ0n) is 8.18. The monoisotopic (exact) mass is 198 g/mol. The second-order valence-electron chi connectivity index (χ2n) is 3.07. The maximum atomic E-state index is 3.41. The van der Waals surface area contributed by atoms with Crippen LogP contribution in [0.15, 0.2) is 18.3 Å². The predicted molar refractivity (Wildman–Crippen MR) is 60.1 cm³/mol. The lowest BCUT2D eigenvalue weighted by Crippen LogP contribution is -2.14. The van der Waals surface area contributed by atoms with Crippen molar-refractivity contribution in [1.29, 1.82) is 0 Å². The predicted octanol–water partition coefficient (Wildman–Crippen LogP) is 2.25. The van der Waals surface area contributed by atoms with Crippen LogP contribution in [0.25, 0.3) is 0 Å². The van der Waals surface area contributed by atoms with Crippen molar-refractivity contribution >= 4 is 11.8 Å². The minimum Gasteiger partial charge on any atom is -0.364 e. The van der Waals surface area contributed by atoms with E-state index in [1.807, 2.05) is 24.0 Å². The lowest BCUT2D eigenvalue weighted by atomic mass is 10.3. The molecular formula is C10H18N2S. The van der Waals surface area contributed by atoms with E-state index in [9.17, 15) is 0 Å². The van der Waals surface area contributed by atoms with Gasteiger partial charge in [0.1, 0.15) is 0 Å². The Morgan fingerprint density at radius 3 is 3.08 bits per heavy atom. The van der Waals surface area contributed by atoms with E-state index in [-0.39, 0.29) is 0 Å². The first-order valence-corrected chi connectivity index (χ1v) is 6.15. The van der Waals surface area contributed by atoms with E-state index in [2.05, 4.69) is 22.6 Å². The molecule has 0 amide bonds. The molecule has 1 aromatic heterocycles. The van der Waals surface area contributed by atoms with Crippen LogP contribution in [0.2, 0.25) is 0 Å². The molecule has 0 aliphatic carbocycles. The lowest BCUT2D eigenvalue weighted by Gasteiger charge is -2.02. The van der Waals surface area contributed by atoms with Crippen molar-refractivity contribution in [3.63, 3.8) is 0 Å². The van der Waals surface area contributed by atoms with Crippen molar-refractivity contribution in [2.24, 2.45) is 0 Å². The number of hydrogen-bond acceptors (Lipinski definition) is 2. The first-order chi connectivity index (χ1) is 6.43. The van der Waals surface area contributed by atoms with Crippen LogP contribution in [0.4, 0.5) is 0 Å². The Morgan fingerprint density at radius 1 is 1.46 bits per heavy atom. The molecule has 13 heavy (non-hydrogen) atoms. The Bertz CT molecular complexity index is 197. The first-order valence-electron chi connectivity index (χ1n) is 4.75. The molecule has 1 rings (SSSR count). The largest absolute Gasteiger partial charge is 0.364 e. The highest BCUT2D eigenvalue weighted by atomic mass is 32.2. The Morgan fingerprint density at radius 2 is 2.38 bits per heavy atom. The highest BCUT2D eigenvalue weighted by molar-refractivity contribution is 7.98. The second kappa shape index (κ2) is 7.04. The van der Waals surface area contributed by atoms with Crippen LogP contribution < -0.4 is 5.32 Å². The molecule has 0 unspecified atom stereocenters. The Balaban J connectivity index is 1.90. The number of hydrogen-bond donors (Lipinski definition) is 2. The molecule has 1 heterocycles. The van der Waals surface area contributed by atoms with E-state index in [0.29, 0.717) is 0 Å². The van der Waals surface area contributed by atoms with Gasteiger partial charge in [0, 0.05) is 18.4 Å². The minimum absolute atomic E-state index is 0.965. The third kappa shape index (κ3) is 5.01. The van der Waals surface area contributed by atoms with Gasteiger partial charge in [0.15, 0.2) is 0 Å². The first kappa shape index (κ1) is 10.7. The van der Waals surface area contributed by atoms with E-state index >= 15 is 0 Å². The van der Waals surface area contributed by atoms with Crippen LogP contribution in [-0.4, -0.2) is 23.5 Å². The van der Waals surface area contributed by atoms with Gasteiger partial charge in [0.05, 0.1) is 0 Å². The molecule has 0 saturated heterocycles. The molecule has 0 aliphatic rings. The van der Waals surface area contributed by atoms with E-state index in [1.54, 1.807) is 0 Å². The Kier molecular flexibility index (Phi) is 5.78. The van der Waals surface area contributed by atoms with Gasteiger partial charge in [-0.05, 0) is 43.5 Å². The maximum absolute atomic E-state index is 3.41. The van der Waals surface area contributed by atoms with Gasteiger partial charge in [-0.3, -0.25) is 0 Å². The van der Waals surface area contributed by atoms with Gasteiger partial charge in [-0.1, -0.05) is 0 Å². The average molecular weight is 198 g/mol. The fourth-order valence-electron chi connectivity index (χ4n) is 1.20. The smallest absolute Gasteiger partial charge is 0.0357 e. The number of aromatic nitrogens is 1. The summed E-state index contributed by atoms with van der Waals surface area (Å²) in [5, 5.41) is 3.41. The standard InChI is InChI=1S/C10H18N2S/c1-13-8-3-2-6-11-9-10-5-4-7-12-10/h4-5,7,11-12H,2-3,6,8-9H2,1H3. The van der Waals surface area contributed by atoms with Crippen LogP contribution in [0.1, 0.15) is 18.5 Å². The van der Waals surface area contributed by atoms with Crippen molar-refractivity contribution in [3.05, 3.63) is 24.0 Å². The minimum atomic E-state index is 0.965. The molecule has 2 N–H and O–H groups in total. The van der Waals surface area contributed by atoms with Crippen LogP contribution >= 0.6 is 11.8 Å². The van der Waals surface area contributed by atoms with Crippen molar-refractivity contribution in [1.82, 2.24) is 10.3 Å². The zero-order chi connectivity index (χ0) is 9.36. The van der Waals surface area contributed by atoms with Crippen molar-refractivity contribution in [2.75, 3.05) is 18.6 Å². The van der Waals surface area contributed by atoms with Crippen molar-refractivity contribution < 1.29 is 0 Å². The van der Waals surface area contributed by atoms with Gasteiger partial charge in [-0.2, -0.15) is 11.8 Å². The summed E-state index contributed by atoms with van der Waals surface area (Å²) in [5.41, 5.74) is 1.27. The number of H-pyrrole nitrogens is 1. The van der Waals surface area contributed by atoms with Crippen LogP contribution in [0.5, 0.6) is 0 Å². The summed E-state index contributed by atoms with van der Waals surface area (Å²) in [7, 11) is 0. The molecule has 1 aromatic rings. The summed E-state index contributed by atoms with van der Waals surface area (Å²) in [5.74, 6) is 1.28. The van der Waals surface area contributed by atoms with Crippen molar-refractivity contribution in [2.45, 2.75) is 19.4 Å². The molecule has 0 atom stereocenters. The topological polar surface area (TPSA) is 27.8 Å². The number of aromatic amines is 1. The van der Waals surface area contributed by atoms with E-state index < -0.39 is 0 Å². The zero-order valence-corrected chi connectivity index (χ0v) is 8.99. The molecule has 0 radical (unpaired) electrons. The number of unbranched alkanes of at least 4 members (excludes halogenated alkanes) is 1. The van der Waals surface area contributed by atoms with Crippen LogP contribution in [-0.2, 0) is 6.54 Å². The summed E-state index contributed by atoms with van der Waals surface area (Å²) in [4.78, 5) is 3.17. The molecule has 0 fully saturated rings. The van der Waals surface area contributed by atoms with Gasteiger partial charge in [0.2, 0.25) is 0 Å². The molecule has 74 valence electrons. The SMILES string of the molecule is CSCCCCNCc1ccc[nH]1. The summed E-state index contributed by atoms with van der Waals surface area (Å²) in [6.45, 7) is 2.09. The summed E-state index contributed by atoms with van der Waals surface area (Å²) >= 11 is 1.92. The fraction of sp³-hybridized carbons (Fsp3) is 0.600. The van der Waals surface area contributed by atoms with E-state index in [0.717, 1.165) is 13.1 Å². The third-order valence-electron chi connectivity index (χ3n) is 1.93. The Hall–Kier alpha value is -0.410. The van der Waals surface area contributed by atoms with Gasteiger partial charge in [-0.25, -0.2) is 0 Å². The molecule has 2 nitrogen and oxygen atoms in total. The van der Waals surface area contributed by atoms with Gasteiger partial charge in [-0.15, -0.1) is 0 Å². The Labute approximate surface area is 84.5 Å². The van der Waals surface area contributed by atoms with E-state index in [4.69, 9.17) is 0 Å². The second-order valence-corrected chi connectivity index (χ2v) is 4.06. The summed E-state index contributed by atoms with van der Waals surface area (Å²) in [6.07, 6.45) is 6.72. The van der Waals surface area contributed by atoms with Crippen LogP contribution in [0, 0.1) is 0 Å². The number of rotatable bonds is 7. The van der Waals surface area contributed by atoms with E-state index in [1.165, 1.54) is 24.3 Å². The molecule has 0 bridgehead atoms. The highest BCUT2D eigenvalue weighted by Crippen LogP contribution is 1.98. The molecule has 0 aliphatic heterocycles. The molecule has 0 saturated carbocycles. The van der Waals surface area contributed by atoms with Crippen molar-refractivity contribution in [3.8, 4) is 0 Å². The lowest BCUT2D eigenvalue weighted by molar-refractivity contribution is 0.637. The highest BCUT2D eigenvalue weighted by Gasteiger charge is 1.91. The van der Waals surface area contributed by atoms with Crippen LogP contribution in [0.3, 0.4) is 0 Å². The maximum Gasteiger partial charge on any atom is 0.0357 e. The fourth-order valence-corrected chi connectivity index (χ4v) is 1.69. The quantitative estimate of drug-likeness (QED) is 0.658. The molecule has 0 spiro atoms. The summed E-state index contributed by atoms with van der Waals surface area (Å²) in [6, 6.07) is 4.14. The molecular weight excluding hydrogens is 180 g/mol. The number of thioether (sulfide) groups is 1. The number of nitrogens with one attached hydrogen (secondary N) is 2. The molecule has 0 aromatic carbocycles. The average Bonchev–Trinajstić information content (AvgIpc) is 2.63. The molecule has 3 heteroatoms. The van der Waals surface area contributed by atoms with Gasteiger partial charge < -0.3 is 10.3 Å². The summed E-state index contributed by atoms with van der Waals surface area (Å²) < 4.78 is 0. The van der Waals surface area contributed by atoms with Gasteiger partial charge >= 0.3 is 0 Å². The van der Waals surface area contributed by atoms with Gasteiger partial charge in [0.25, 0.3) is 0 Å². The third-order valence-corrected chi connectivity index (χ3v) is 2.63. The normalized spacial score (nSPS) is 10.5.